The van der Waals surface area contributed by atoms with E-state index in [4.69, 9.17) is 28.5 Å². The number of nitriles is 1. The fraction of sp³-hybridized carbons (Fsp3) is 0. The Morgan fingerprint density at radius 1 is 1.16 bits per heavy atom. The first-order chi connectivity index (χ1) is 9.02. The second kappa shape index (κ2) is 5.79. The first kappa shape index (κ1) is 14.1. The van der Waals surface area contributed by atoms with Crippen LogP contribution in [-0.2, 0) is 0 Å². The molecule has 0 spiro atoms. The Balaban J connectivity index is 2.36. The summed E-state index contributed by atoms with van der Waals surface area (Å²) in [5, 5.41) is 12.5. The summed E-state index contributed by atoms with van der Waals surface area (Å²) in [6, 6.07) is 9.79. The van der Waals surface area contributed by atoms with Crippen molar-refractivity contribution < 1.29 is 4.39 Å². The lowest BCUT2D eigenvalue weighted by molar-refractivity contribution is 0.624. The Morgan fingerprint density at radius 3 is 2.53 bits per heavy atom. The predicted molar refractivity (Wildman–Crippen MR) is 78.6 cm³/mol. The maximum atomic E-state index is 14.0. The third-order valence-corrected chi connectivity index (χ3v) is 3.92. The fourth-order valence-electron chi connectivity index (χ4n) is 1.46. The molecule has 2 aromatic carbocycles. The molecule has 0 unspecified atom stereocenters. The monoisotopic (exact) mass is 358 g/mol. The molecule has 0 heterocycles. The number of nitrogens with zero attached hydrogens (tertiary/aromatic N) is 1. The van der Waals surface area contributed by atoms with E-state index >= 15 is 0 Å². The maximum absolute atomic E-state index is 14.0. The Hall–Kier alpha value is -1.28. The molecular formula is C13H6BrCl2FN2. The van der Waals surface area contributed by atoms with Crippen molar-refractivity contribution in [2.24, 2.45) is 0 Å². The fourth-order valence-corrected chi connectivity index (χ4v) is 2.19. The van der Waals surface area contributed by atoms with Crippen molar-refractivity contribution in [3.8, 4) is 6.07 Å². The molecule has 1 N–H and O–H groups in total. The van der Waals surface area contributed by atoms with E-state index in [0.29, 0.717) is 15.7 Å². The molecule has 2 rings (SSSR count). The van der Waals surface area contributed by atoms with Gasteiger partial charge in [0, 0.05) is 5.69 Å². The smallest absolute Gasteiger partial charge is 0.162 e. The third-order valence-electron chi connectivity index (χ3n) is 2.40. The van der Waals surface area contributed by atoms with Gasteiger partial charge in [-0.2, -0.15) is 5.26 Å². The molecule has 0 bridgehead atoms. The van der Waals surface area contributed by atoms with Gasteiger partial charge in [0.2, 0.25) is 0 Å². The zero-order valence-electron chi connectivity index (χ0n) is 9.35. The van der Waals surface area contributed by atoms with Crippen molar-refractivity contribution in [1.29, 1.82) is 5.26 Å². The van der Waals surface area contributed by atoms with Crippen molar-refractivity contribution >= 4 is 50.5 Å². The number of hydrogen-bond donors (Lipinski definition) is 1. The van der Waals surface area contributed by atoms with Crippen LogP contribution in [0.15, 0.2) is 34.8 Å². The molecule has 0 amide bonds. The van der Waals surface area contributed by atoms with Gasteiger partial charge in [-0.3, -0.25) is 0 Å². The summed E-state index contributed by atoms with van der Waals surface area (Å²) in [6.45, 7) is 0. The van der Waals surface area contributed by atoms with Gasteiger partial charge in [-0.1, -0.05) is 23.2 Å². The Morgan fingerprint density at radius 2 is 1.89 bits per heavy atom. The van der Waals surface area contributed by atoms with Crippen molar-refractivity contribution in [2.75, 3.05) is 5.32 Å². The molecule has 0 aromatic heterocycles. The zero-order chi connectivity index (χ0) is 14.0. The first-order valence-corrected chi connectivity index (χ1v) is 6.68. The summed E-state index contributed by atoms with van der Waals surface area (Å²) < 4.78 is 14.1. The number of rotatable bonds is 2. The number of anilines is 2. The molecule has 2 aromatic rings. The Bertz CT molecular complexity index is 683. The first-order valence-electron chi connectivity index (χ1n) is 5.13. The van der Waals surface area contributed by atoms with Crippen LogP contribution in [0.4, 0.5) is 15.8 Å². The molecule has 0 aliphatic carbocycles. The minimum absolute atomic E-state index is 0.125. The summed E-state index contributed by atoms with van der Waals surface area (Å²) >= 11 is 14.7. The second-order valence-electron chi connectivity index (χ2n) is 3.65. The van der Waals surface area contributed by atoms with E-state index < -0.39 is 5.82 Å². The number of hydrogen-bond acceptors (Lipinski definition) is 2. The lowest BCUT2D eigenvalue weighted by Crippen LogP contribution is -1.96. The third kappa shape index (κ3) is 3.01. The van der Waals surface area contributed by atoms with Crippen LogP contribution < -0.4 is 5.32 Å². The number of nitrogens with one attached hydrogen (secondary N) is 1. The summed E-state index contributed by atoms with van der Waals surface area (Å²) in [5.41, 5.74) is 1.08. The zero-order valence-corrected chi connectivity index (χ0v) is 12.4. The molecule has 96 valence electrons. The van der Waals surface area contributed by atoms with Gasteiger partial charge in [-0.05, 0) is 46.3 Å². The van der Waals surface area contributed by atoms with Crippen molar-refractivity contribution in [2.45, 2.75) is 0 Å². The molecule has 2 nitrogen and oxygen atoms in total. The molecular weight excluding hydrogens is 354 g/mol. The van der Waals surface area contributed by atoms with Crippen LogP contribution in [0.2, 0.25) is 10.0 Å². The van der Waals surface area contributed by atoms with Crippen LogP contribution in [0.1, 0.15) is 5.56 Å². The molecule has 0 aliphatic rings. The lowest BCUT2D eigenvalue weighted by atomic mass is 10.2. The van der Waals surface area contributed by atoms with Crippen molar-refractivity contribution in [1.82, 2.24) is 0 Å². The quantitative estimate of drug-likeness (QED) is 0.767. The van der Waals surface area contributed by atoms with Gasteiger partial charge in [0.1, 0.15) is 6.07 Å². The Kier molecular flexibility index (Phi) is 4.31. The normalized spacial score (nSPS) is 10.1. The molecule has 0 fully saturated rings. The molecule has 0 saturated heterocycles. The second-order valence-corrected chi connectivity index (χ2v) is 5.26. The lowest BCUT2D eigenvalue weighted by Gasteiger charge is -2.10. The largest absolute Gasteiger partial charge is 0.353 e. The average molecular weight is 360 g/mol. The predicted octanol–water partition coefficient (Wildman–Crippen LogP) is 5.51. The van der Waals surface area contributed by atoms with E-state index in [1.165, 1.54) is 12.1 Å². The highest BCUT2D eigenvalue weighted by atomic mass is 79.9. The standard InChI is InChI=1S/C13H6BrCl2FN2/c14-12-7(6-18)1-4-11(13(12)17)19-8-2-3-9(15)10(16)5-8/h1-5,19H. The van der Waals surface area contributed by atoms with Crippen LogP contribution in [0, 0.1) is 17.1 Å². The summed E-state index contributed by atoms with van der Waals surface area (Å²) in [4.78, 5) is 0. The highest BCUT2D eigenvalue weighted by Crippen LogP contribution is 2.31. The van der Waals surface area contributed by atoms with E-state index in [9.17, 15) is 4.39 Å². The molecule has 0 atom stereocenters. The van der Waals surface area contributed by atoms with Crippen LogP contribution in [-0.4, -0.2) is 0 Å². The van der Waals surface area contributed by atoms with E-state index in [-0.39, 0.29) is 15.7 Å². The Labute approximate surface area is 127 Å². The highest BCUT2D eigenvalue weighted by Gasteiger charge is 2.11. The van der Waals surface area contributed by atoms with Gasteiger partial charge in [-0.25, -0.2) is 4.39 Å². The molecule has 0 radical (unpaired) electrons. The molecule has 0 aliphatic heterocycles. The molecule has 6 heteroatoms. The van der Waals surface area contributed by atoms with Gasteiger partial charge in [0.15, 0.2) is 5.82 Å². The van der Waals surface area contributed by atoms with Crippen LogP contribution in [0.25, 0.3) is 0 Å². The summed E-state index contributed by atoms with van der Waals surface area (Å²) in [6.07, 6.45) is 0. The van der Waals surface area contributed by atoms with Gasteiger partial charge < -0.3 is 5.32 Å². The van der Waals surface area contributed by atoms with E-state index in [1.54, 1.807) is 18.2 Å². The van der Waals surface area contributed by atoms with Crippen LogP contribution in [0.5, 0.6) is 0 Å². The number of benzene rings is 2. The minimum Gasteiger partial charge on any atom is -0.353 e. The molecule has 19 heavy (non-hydrogen) atoms. The molecule has 0 saturated carbocycles. The average Bonchev–Trinajstić information content (AvgIpc) is 2.40. The SMILES string of the molecule is N#Cc1ccc(Nc2ccc(Cl)c(Cl)c2)c(F)c1Br. The minimum atomic E-state index is -0.537. The topological polar surface area (TPSA) is 35.8 Å². The summed E-state index contributed by atoms with van der Waals surface area (Å²) in [5.74, 6) is -0.537. The van der Waals surface area contributed by atoms with Crippen LogP contribution >= 0.6 is 39.1 Å². The number of halogens is 4. The van der Waals surface area contributed by atoms with E-state index in [0.717, 1.165) is 0 Å². The van der Waals surface area contributed by atoms with Crippen molar-refractivity contribution in [3.05, 3.63) is 56.2 Å². The maximum Gasteiger partial charge on any atom is 0.162 e. The van der Waals surface area contributed by atoms with E-state index in [2.05, 4.69) is 21.2 Å². The van der Waals surface area contributed by atoms with Crippen LogP contribution in [0.3, 0.4) is 0 Å². The van der Waals surface area contributed by atoms with Gasteiger partial charge >= 0.3 is 0 Å². The van der Waals surface area contributed by atoms with Gasteiger partial charge in [-0.15, -0.1) is 0 Å². The summed E-state index contributed by atoms with van der Waals surface area (Å²) in [7, 11) is 0. The highest BCUT2D eigenvalue weighted by molar-refractivity contribution is 9.10. The van der Waals surface area contributed by atoms with E-state index in [1.807, 2.05) is 6.07 Å². The van der Waals surface area contributed by atoms with Gasteiger partial charge in [0.25, 0.3) is 0 Å². The van der Waals surface area contributed by atoms with Crippen molar-refractivity contribution in [3.63, 3.8) is 0 Å². The van der Waals surface area contributed by atoms with Gasteiger partial charge in [0.05, 0.1) is 25.8 Å².